The van der Waals surface area contributed by atoms with Crippen LogP contribution in [0, 0.1) is 11.8 Å². The Hall–Kier alpha value is -0.990. The fourth-order valence-electron chi connectivity index (χ4n) is 2.61. The van der Waals surface area contributed by atoms with Crippen molar-refractivity contribution in [3.8, 4) is 0 Å². The van der Waals surface area contributed by atoms with Gasteiger partial charge in [-0.05, 0) is 31.1 Å². The van der Waals surface area contributed by atoms with Gasteiger partial charge < -0.3 is 5.32 Å². The van der Waals surface area contributed by atoms with Crippen molar-refractivity contribution in [3.05, 3.63) is 11.8 Å². The van der Waals surface area contributed by atoms with Gasteiger partial charge in [-0.1, -0.05) is 27.7 Å². The molecule has 0 amide bonds. The van der Waals surface area contributed by atoms with Gasteiger partial charge in [0, 0.05) is 12.6 Å². The standard InChI is InChI=1S/C14H25N3/c1-5-13-11(4)9-15-14-8-12(16-17(13)14)7-6-10(2)3/h8,10-11,13,15H,5-7,9H2,1-4H3. The summed E-state index contributed by atoms with van der Waals surface area (Å²) in [5, 5.41) is 8.26. The monoisotopic (exact) mass is 235 g/mol. The lowest BCUT2D eigenvalue weighted by Crippen LogP contribution is -2.30. The van der Waals surface area contributed by atoms with Crippen LogP contribution in [0.15, 0.2) is 6.07 Å². The first-order valence-electron chi connectivity index (χ1n) is 6.94. The zero-order valence-corrected chi connectivity index (χ0v) is 11.5. The summed E-state index contributed by atoms with van der Waals surface area (Å²) in [5.41, 5.74) is 1.24. The second-order valence-corrected chi connectivity index (χ2v) is 5.73. The highest BCUT2D eigenvalue weighted by atomic mass is 15.4. The first-order valence-corrected chi connectivity index (χ1v) is 6.94. The molecule has 1 aliphatic heterocycles. The minimum absolute atomic E-state index is 0.569. The molecule has 1 aliphatic rings. The number of aromatic nitrogens is 2. The molecule has 1 aromatic rings. The summed E-state index contributed by atoms with van der Waals surface area (Å²) >= 11 is 0. The smallest absolute Gasteiger partial charge is 0.124 e. The number of fused-ring (bicyclic) bond motifs is 1. The number of hydrogen-bond acceptors (Lipinski definition) is 2. The molecule has 2 rings (SSSR count). The predicted octanol–water partition coefficient (Wildman–Crippen LogP) is 3.48. The van der Waals surface area contributed by atoms with Crippen LogP contribution in [0.5, 0.6) is 0 Å². The first kappa shape index (κ1) is 12.5. The summed E-state index contributed by atoms with van der Waals surface area (Å²) in [4.78, 5) is 0. The lowest BCUT2D eigenvalue weighted by Gasteiger charge is -2.30. The minimum atomic E-state index is 0.569. The van der Waals surface area contributed by atoms with Crippen molar-refractivity contribution in [3.63, 3.8) is 0 Å². The Bertz CT molecular complexity index is 368. The number of nitrogens with zero attached hydrogens (tertiary/aromatic N) is 2. The number of rotatable bonds is 4. The average Bonchev–Trinajstić information content (AvgIpc) is 2.69. The Morgan fingerprint density at radius 3 is 2.94 bits per heavy atom. The topological polar surface area (TPSA) is 29.9 Å². The van der Waals surface area contributed by atoms with E-state index in [1.54, 1.807) is 0 Å². The molecule has 0 fully saturated rings. The van der Waals surface area contributed by atoms with Crippen LogP contribution >= 0.6 is 0 Å². The van der Waals surface area contributed by atoms with E-state index in [2.05, 4.69) is 43.8 Å². The third-order valence-electron chi connectivity index (χ3n) is 3.76. The molecule has 3 heteroatoms. The molecule has 2 heterocycles. The molecule has 0 radical (unpaired) electrons. The Balaban J connectivity index is 2.14. The van der Waals surface area contributed by atoms with E-state index in [1.165, 1.54) is 24.4 Å². The molecular weight excluding hydrogens is 210 g/mol. The SMILES string of the molecule is CCC1C(C)CNc2cc(CCC(C)C)nn21. The van der Waals surface area contributed by atoms with Crippen molar-refractivity contribution in [2.75, 3.05) is 11.9 Å². The molecule has 2 atom stereocenters. The molecule has 1 aromatic heterocycles. The summed E-state index contributed by atoms with van der Waals surface area (Å²) in [7, 11) is 0. The van der Waals surface area contributed by atoms with Gasteiger partial charge in [-0.2, -0.15) is 5.10 Å². The summed E-state index contributed by atoms with van der Waals surface area (Å²) in [6, 6.07) is 2.80. The third kappa shape index (κ3) is 2.64. The molecular formula is C14H25N3. The van der Waals surface area contributed by atoms with E-state index >= 15 is 0 Å². The largest absolute Gasteiger partial charge is 0.370 e. The molecule has 0 saturated heterocycles. The Labute approximate surface area is 105 Å². The van der Waals surface area contributed by atoms with Crippen molar-refractivity contribution >= 4 is 5.82 Å². The number of anilines is 1. The van der Waals surface area contributed by atoms with Gasteiger partial charge in [-0.15, -0.1) is 0 Å². The van der Waals surface area contributed by atoms with Crippen LogP contribution < -0.4 is 5.32 Å². The van der Waals surface area contributed by atoms with Crippen LogP contribution in [0.4, 0.5) is 5.82 Å². The van der Waals surface area contributed by atoms with Crippen LogP contribution in [-0.2, 0) is 6.42 Å². The molecule has 0 aliphatic carbocycles. The van der Waals surface area contributed by atoms with Crippen LogP contribution in [0.1, 0.15) is 52.3 Å². The van der Waals surface area contributed by atoms with Gasteiger partial charge in [0.05, 0.1) is 11.7 Å². The van der Waals surface area contributed by atoms with E-state index in [0.29, 0.717) is 12.0 Å². The first-order chi connectivity index (χ1) is 8.11. The molecule has 2 unspecified atom stereocenters. The van der Waals surface area contributed by atoms with Crippen molar-refractivity contribution in [1.82, 2.24) is 9.78 Å². The molecule has 0 spiro atoms. The third-order valence-corrected chi connectivity index (χ3v) is 3.76. The van der Waals surface area contributed by atoms with Crippen LogP contribution in [0.2, 0.25) is 0 Å². The Morgan fingerprint density at radius 2 is 2.29 bits per heavy atom. The van der Waals surface area contributed by atoms with Crippen molar-refractivity contribution in [2.45, 2.75) is 53.0 Å². The van der Waals surface area contributed by atoms with Gasteiger partial charge in [0.15, 0.2) is 0 Å². The number of nitrogens with one attached hydrogen (secondary N) is 1. The van der Waals surface area contributed by atoms with Gasteiger partial charge >= 0.3 is 0 Å². The second-order valence-electron chi connectivity index (χ2n) is 5.73. The highest BCUT2D eigenvalue weighted by molar-refractivity contribution is 5.39. The predicted molar refractivity (Wildman–Crippen MR) is 72.4 cm³/mol. The molecule has 0 saturated carbocycles. The summed E-state index contributed by atoms with van der Waals surface area (Å²) < 4.78 is 2.21. The normalized spacial score (nSPS) is 23.6. The zero-order valence-electron chi connectivity index (χ0n) is 11.5. The fraction of sp³-hybridized carbons (Fsp3) is 0.786. The van der Waals surface area contributed by atoms with Gasteiger partial charge in [0.2, 0.25) is 0 Å². The molecule has 0 aromatic carbocycles. The van der Waals surface area contributed by atoms with E-state index in [0.717, 1.165) is 18.9 Å². The van der Waals surface area contributed by atoms with Crippen LogP contribution in [-0.4, -0.2) is 16.3 Å². The molecule has 1 N–H and O–H groups in total. The zero-order chi connectivity index (χ0) is 12.4. The lowest BCUT2D eigenvalue weighted by molar-refractivity contribution is 0.311. The second kappa shape index (κ2) is 5.11. The summed E-state index contributed by atoms with van der Waals surface area (Å²) in [6.07, 6.45) is 3.49. The maximum absolute atomic E-state index is 4.78. The fourth-order valence-corrected chi connectivity index (χ4v) is 2.61. The van der Waals surface area contributed by atoms with Crippen molar-refractivity contribution in [2.24, 2.45) is 11.8 Å². The Kier molecular flexibility index (Phi) is 3.75. The molecule has 0 bridgehead atoms. The maximum atomic E-state index is 4.78. The van der Waals surface area contributed by atoms with Crippen molar-refractivity contribution in [1.29, 1.82) is 0 Å². The van der Waals surface area contributed by atoms with Gasteiger partial charge in [-0.25, -0.2) is 4.68 Å². The van der Waals surface area contributed by atoms with Gasteiger partial charge in [0.25, 0.3) is 0 Å². The maximum Gasteiger partial charge on any atom is 0.124 e. The Morgan fingerprint density at radius 1 is 1.53 bits per heavy atom. The van der Waals surface area contributed by atoms with E-state index in [1.807, 2.05) is 0 Å². The number of aryl methyl sites for hydroxylation is 1. The quantitative estimate of drug-likeness (QED) is 0.866. The lowest BCUT2D eigenvalue weighted by atomic mass is 9.98. The minimum Gasteiger partial charge on any atom is -0.370 e. The summed E-state index contributed by atoms with van der Waals surface area (Å²) in [6.45, 7) is 10.2. The molecule has 3 nitrogen and oxygen atoms in total. The highest BCUT2D eigenvalue weighted by Gasteiger charge is 2.25. The van der Waals surface area contributed by atoms with E-state index in [4.69, 9.17) is 5.10 Å². The van der Waals surface area contributed by atoms with Crippen LogP contribution in [0.3, 0.4) is 0 Å². The average molecular weight is 235 g/mol. The van der Waals surface area contributed by atoms with Gasteiger partial charge in [-0.3, -0.25) is 0 Å². The van der Waals surface area contributed by atoms with E-state index in [9.17, 15) is 0 Å². The molecule has 96 valence electrons. The van der Waals surface area contributed by atoms with E-state index < -0.39 is 0 Å². The van der Waals surface area contributed by atoms with Crippen molar-refractivity contribution < 1.29 is 0 Å². The number of hydrogen-bond donors (Lipinski definition) is 1. The highest BCUT2D eigenvalue weighted by Crippen LogP contribution is 2.30. The molecule has 17 heavy (non-hydrogen) atoms. The summed E-state index contributed by atoms with van der Waals surface area (Å²) in [5.74, 6) is 2.64. The van der Waals surface area contributed by atoms with Gasteiger partial charge in [0.1, 0.15) is 5.82 Å². The van der Waals surface area contributed by atoms with E-state index in [-0.39, 0.29) is 0 Å². The van der Waals surface area contributed by atoms with Crippen LogP contribution in [0.25, 0.3) is 0 Å².